The van der Waals surface area contributed by atoms with Crippen LogP contribution in [0.15, 0.2) is 0 Å². The molecule has 1 aliphatic heterocycles. The Hall–Kier alpha value is -1.30. The average molecular weight is 258 g/mol. The van der Waals surface area contributed by atoms with E-state index in [4.69, 9.17) is 15.6 Å². The standard InChI is InChI=1S/C12H22N2O4/c1-12(2,3)18-11(17)14-7-8(4-5-13)6-9(14)10(15)16/h8-9H,4-7,13H2,1-3H3,(H,15,16)/t8-,9+/m1/s1. The van der Waals surface area contributed by atoms with E-state index in [2.05, 4.69) is 0 Å². The molecule has 3 N–H and O–H groups in total. The number of hydrogen-bond donors (Lipinski definition) is 2. The minimum Gasteiger partial charge on any atom is -0.480 e. The normalized spacial score (nSPS) is 24.1. The Labute approximate surface area is 107 Å². The number of likely N-dealkylation sites (tertiary alicyclic amines) is 1. The second-order valence-corrected chi connectivity index (χ2v) is 5.67. The maximum atomic E-state index is 11.9. The van der Waals surface area contributed by atoms with Crippen molar-refractivity contribution in [2.75, 3.05) is 13.1 Å². The zero-order chi connectivity index (χ0) is 13.9. The fourth-order valence-electron chi connectivity index (χ4n) is 2.12. The summed E-state index contributed by atoms with van der Waals surface area (Å²) in [6, 6.07) is -0.795. The molecule has 1 fully saturated rings. The quantitative estimate of drug-likeness (QED) is 0.789. The molecular weight excluding hydrogens is 236 g/mol. The van der Waals surface area contributed by atoms with Crippen LogP contribution >= 0.6 is 0 Å². The van der Waals surface area contributed by atoms with Gasteiger partial charge in [-0.3, -0.25) is 4.90 Å². The molecule has 0 bridgehead atoms. The van der Waals surface area contributed by atoms with E-state index in [1.807, 2.05) is 0 Å². The molecule has 0 aromatic rings. The van der Waals surface area contributed by atoms with E-state index in [9.17, 15) is 9.59 Å². The fourth-order valence-corrected chi connectivity index (χ4v) is 2.12. The van der Waals surface area contributed by atoms with Gasteiger partial charge < -0.3 is 15.6 Å². The van der Waals surface area contributed by atoms with Crippen LogP contribution < -0.4 is 5.73 Å². The number of carboxylic acids is 1. The SMILES string of the molecule is CC(C)(C)OC(=O)N1C[C@H](CCN)C[C@H]1C(=O)O. The highest BCUT2D eigenvalue weighted by atomic mass is 16.6. The third-order valence-electron chi connectivity index (χ3n) is 2.88. The van der Waals surface area contributed by atoms with Crippen molar-refractivity contribution < 1.29 is 19.4 Å². The van der Waals surface area contributed by atoms with E-state index in [1.54, 1.807) is 20.8 Å². The Balaban J connectivity index is 2.72. The van der Waals surface area contributed by atoms with E-state index < -0.39 is 23.7 Å². The van der Waals surface area contributed by atoms with Gasteiger partial charge in [-0.2, -0.15) is 0 Å². The zero-order valence-electron chi connectivity index (χ0n) is 11.2. The van der Waals surface area contributed by atoms with E-state index >= 15 is 0 Å². The summed E-state index contributed by atoms with van der Waals surface area (Å²) >= 11 is 0. The molecule has 0 aromatic heterocycles. The molecule has 6 heteroatoms. The van der Waals surface area contributed by atoms with Gasteiger partial charge >= 0.3 is 12.1 Å². The second-order valence-electron chi connectivity index (χ2n) is 5.67. The highest BCUT2D eigenvalue weighted by Gasteiger charge is 2.41. The van der Waals surface area contributed by atoms with Crippen molar-refractivity contribution in [1.82, 2.24) is 4.90 Å². The molecule has 1 rings (SSSR count). The van der Waals surface area contributed by atoms with E-state index in [0.29, 0.717) is 19.5 Å². The van der Waals surface area contributed by atoms with Crippen molar-refractivity contribution in [2.24, 2.45) is 11.7 Å². The van der Waals surface area contributed by atoms with Gasteiger partial charge in [0.2, 0.25) is 0 Å². The summed E-state index contributed by atoms with van der Waals surface area (Å²) < 4.78 is 5.22. The number of nitrogens with zero attached hydrogens (tertiary/aromatic N) is 1. The highest BCUT2D eigenvalue weighted by Crippen LogP contribution is 2.27. The maximum absolute atomic E-state index is 11.9. The number of carbonyl (C=O) groups is 2. The molecule has 1 heterocycles. The van der Waals surface area contributed by atoms with Gasteiger partial charge in [0.1, 0.15) is 11.6 Å². The van der Waals surface area contributed by atoms with Crippen molar-refractivity contribution >= 4 is 12.1 Å². The van der Waals surface area contributed by atoms with E-state index in [-0.39, 0.29) is 5.92 Å². The molecule has 18 heavy (non-hydrogen) atoms. The Bertz CT molecular complexity index is 325. The lowest BCUT2D eigenvalue weighted by atomic mass is 10.0. The molecule has 1 amide bonds. The van der Waals surface area contributed by atoms with Gasteiger partial charge in [0.15, 0.2) is 0 Å². The third kappa shape index (κ3) is 3.87. The molecule has 0 spiro atoms. The number of carbonyl (C=O) groups excluding carboxylic acids is 1. The Morgan fingerprint density at radius 3 is 2.50 bits per heavy atom. The van der Waals surface area contributed by atoms with Crippen LogP contribution in [0.2, 0.25) is 0 Å². The van der Waals surface area contributed by atoms with E-state index in [1.165, 1.54) is 4.90 Å². The summed E-state index contributed by atoms with van der Waals surface area (Å²) in [6.07, 6.45) is 0.615. The fraction of sp³-hybridized carbons (Fsp3) is 0.833. The Morgan fingerprint density at radius 2 is 2.06 bits per heavy atom. The van der Waals surface area contributed by atoms with Crippen LogP contribution in [0.4, 0.5) is 4.79 Å². The van der Waals surface area contributed by atoms with Crippen LogP contribution in [0.25, 0.3) is 0 Å². The van der Waals surface area contributed by atoms with Crippen LogP contribution in [-0.2, 0) is 9.53 Å². The molecule has 1 aliphatic rings. The van der Waals surface area contributed by atoms with Crippen molar-refractivity contribution in [3.8, 4) is 0 Å². The van der Waals surface area contributed by atoms with Gasteiger partial charge in [0.05, 0.1) is 0 Å². The largest absolute Gasteiger partial charge is 0.480 e. The van der Waals surface area contributed by atoms with Gasteiger partial charge in [-0.1, -0.05) is 0 Å². The minimum absolute atomic E-state index is 0.142. The molecule has 0 aromatic carbocycles. The van der Waals surface area contributed by atoms with Crippen LogP contribution in [0, 0.1) is 5.92 Å². The number of hydrogen-bond acceptors (Lipinski definition) is 4. The molecule has 6 nitrogen and oxygen atoms in total. The summed E-state index contributed by atoms with van der Waals surface area (Å²) in [7, 11) is 0. The number of carboxylic acid groups (broad SMARTS) is 1. The smallest absolute Gasteiger partial charge is 0.411 e. The van der Waals surface area contributed by atoms with Crippen molar-refractivity contribution in [3.63, 3.8) is 0 Å². The monoisotopic (exact) mass is 258 g/mol. The van der Waals surface area contributed by atoms with Crippen molar-refractivity contribution in [3.05, 3.63) is 0 Å². The number of nitrogens with two attached hydrogens (primary N) is 1. The summed E-state index contributed by atoms with van der Waals surface area (Å²) in [5.41, 5.74) is 4.85. The molecule has 0 unspecified atom stereocenters. The second kappa shape index (κ2) is 5.56. The lowest BCUT2D eigenvalue weighted by Gasteiger charge is -2.26. The Morgan fingerprint density at radius 1 is 1.44 bits per heavy atom. The third-order valence-corrected chi connectivity index (χ3v) is 2.88. The Kier molecular flexibility index (Phi) is 4.56. The molecular formula is C12H22N2O4. The number of aliphatic carboxylic acids is 1. The van der Waals surface area contributed by atoms with Crippen LogP contribution in [0.5, 0.6) is 0 Å². The number of ether oxygens (including phenoxy) is 1. The predicted molar refractivity (Wildman–Crippen MR) is 66.1 cm³/mol. The van der Waals surface area contributed by atoms with Crippen molar-refractivity contribution in [1.29, 1.82) is 0 Å². The van der Waals surface area contributed by atoms with Crippen LogP contribution in [0.3, 0.4) is 0 Å². The first-order valence-corrected chi connectivity index (χ1v) is 6.17. The minimum atomic E-state index is -0.986. The zero-order valence-corrected chi connectivity index (χ0v) is 11.2. The summed E-state index contributed by atoms with van der Waals surface area (Å²) in [4.78, 5) is 24.4. The molecule has 0 aliphatic carbocycles. The van der Waals surface area contributed by atoms with Gasteiger partial charge in [-0.05, 0) is 46.1 Å². The lowest BCUT2D eigenvalue weighted by Crippen LogP contribution is -2.43. The first-order valence-electron chi connectivity index (χ1n) is 6.17. The summed E-state index contributed by atoms with van der Waals surface area (Å²) in [6.45, 7) is 6.18. The molecule has 1 saturated heterocycles. The highest BCUT2D eigenvalue weighted by molar-refractivity contribution is 5.80. The first-order chi connectivity index (χ1) is 8.24. The number of amides is 1. The average Bonchev–Trinajstić information content (AvgIpc) is 2.59. The summed E-state index contributed by atoms with van der Waals surface area (Å²) in [5, 5.41) is 9.14. The first kappa shape index (κ1) is 14.8. The van der Waals surface area contributed by atoms with Crippen LogP contribution in [0.1, 0.15) is 33.6 Å². The molecule has 0 saturated carbocycles. The molecule has 104 valence electrons. The maximum Gasteiger partial charge on any atom is 0.411 e. The predicted octanol–water partition coefficient (Wildman–Crippen LogP) is 1.05. The lowest BCUT2D eigenvalue weighted by molar-refractivity contribution is -0.142. The van der Waals surface area contributed by atoms with Gasteiger partial charge in [-0.15, -0.1) is 0 Å². The topological polar surface area (TPSA) is 92.9 Å². The van der Waals surface area contributed by atoms with Crippen LogP contribution in [-0.4, -0.2) is 46.8 Å². The van der Waals surface area contributed by atoms with Crippen molar-refractivity contribution in [2.45, 2.75) is 45.3 Å². The number of rotatable bonds is 3. The van der Waals surface area contributed by atoms with Gasteiger partial charge in [0, 0.05) is 6.54 Å². The molecule has 0 radical (unpaired) electrons. The molecule has 2 atom stereocenters. The van der Waals surface area contributed by atoms with E-state index in [0.717, 1.165) is 6.42 Å². The van der Waals surface area contributed by atoms with Gasteiger partial charge in [0.25, 0.3) is 0 Å². The summed E-state index contributed by atoms with van der Waals surface area (Å²) in [5.74, 6) is -0.844. The van der Waals surface area contributed by atoms with Gasteiger partial charge in [-0.25, -0.2) is 9.59 Å².